The number of aliphatic hydroxyl groups is 1. The van der Waals surface area contributed by atoms with Crippen molar-refractivity contribution in [2.24, 2.45) is 0 Å². The van der Waals surface area contributed by atoms with Crippen LogP contribution in [0, 0.1) is 0 Å². The molecule has 0 aliphatic carbocycles. The van der Waals surface area contributed by atoms with Gasteiger partial charge in [-0.05, 0) is 154 Å². The molecule has 0 saturated carbocycles. The monoisotopic (exact) mass is 1500 g/mol. The van der Waals surface area contributed by atoms with E-state index in [4.69, 9.17) is 37.0 Å². The summed E-state index contributed by atoms with van der Waals surface area (Å²) in [6.45, 7) is 4.48. The van der Waals surface area contributed by atoms with Gasteiger partial charge in [-0.1, -0.05) is 277 Å². The van der Waals surface area contributed by atoms with Crippen LogP contribution in [-0.4, -0.2) is 96.7 Å². The van der Waals surface area contributed by atoms with Gasteiger partial charge in [0, 0.05) is 25.7 Å². The summed E-state index contributed by atoms with van der Waals surface area (Å²) in [7, 11) is -9.98. The highest BCUT2D eigenvalue weighted by atomic mass is 31.2. The van der Waals surface area contributed by atoms with Crippen LogP contribution in [0.4, 0.5) is 0 Å². The van der Waals surface area contributed by atoms with Crippen molar-refractivity contribution in [1.82, 2.24) is 0 Å². The Hall–Kier alpha value is -4.80. The molecule has 17 nitrogen and oxygen atoms in total. The van der Waals surface area contributed by atoms with Gasteiger partial charge in [0.2, 0.25) is 0 Å². The first-order valence-corrected chi connectivity index (χ1v) is 43.4. The van der Waals surface area contributed by atoms with E-state index in [9.17, 15) is 43.2 Å². The largest absolute Gasteiger partial charge is 0.472 e. The third-order valence-corrected chi connectivity index (χ3v) is 18.5. The molecule has 0 aromatic heterocycles. The lowest BCUT2D eigenvalue weighted by Crippen LogP contribution is -2.30. The summed E-state index contributed by atoms with van der Waals surface area (Å²) in [6, 6.07) is 0. The van der Waals surface area contributed by atoms with Crippen molar-refractivity contribution >= 4 is 39.5 Å². The van der Waals surface area contributed by atoms with Gasteiger partial charge < -0.3 is 33.8 Å². The quantitative estimate of drug-likeness (QED) is 0.0169. The molecule has 19 heteroatoms. The van der Waals surface area contributed by atoms with Gasteiger partial charge in [0.1, 0.15) is 19.3 Å². The van der Waals surface area contributed by atoms with Crippen molar-refractivity contribution < 1.29 is 80.2 Å². The van der Waals surface area contributed by atoms with Gasteiger partial charge in [-0.3, -0.25) is 37.3 Å². The average molecular weight is 1500 g/mol. The van der Waals surface area contributed by atoms with Crippen LogP contribution in [0.25, 0.3) is 0 Å². The molecule has 0 aliphatic rings. The van der Waals surface area contributed by atoms with E-state index in [-0.39, 0.29) is 25.7 Å². The molecule has 0 radical (unpaired) electrons. The Labute approximate surface area is 631 Å². The SMILES string of the molecule is CC/C=C\C/C=C\C/C=C\CCCCCCCCCC(=O)OCC(COP(=O)(O)OCC(O)COP(=O)(O)OCC(COC(=O)CCCCCCCCC/C=C\C/C=C\C/C=C\CC)OC(=O)CCCCCCC/C=C\C/C=C\CCCCC)OC(=O)CCCCCCC/C=C\C/C=C\C/C=C\CC. The van der Waals surface area contributed by atoms with Crippen LogP contribution in [0.15, 0.2) is 134 Å². The highest BCUT2D eigenvalue weighted by Gasteiger charge is 2.30. The van der Waals surface area contributed by atoms with Crippen LogP contribution in [0.3, 0.4) is 0 Å². The van der Waals surface area contributed by atoms with Gasteiger partial charge >= 0.3 is 39.5 Å². The molecule has 0 aliphatic heterocycles. The number of hydrogen-bond acceptors (Lipinski definition) is 15. The van der Waals surface area contributed by atoms with Gasteiger partial charge in [0.05, 0.1) is 26.4 Å². The summed E-state index contributed by atoms with van der Waals surface area (Å²) in [4.78, 5) is 73.1. The number of phosphoric acid groups is 2. The normalized spacial score (nSPS) is 14.6. The average Bonchev–Trinajstić information content (AvgIpc) is 0.937. The van der Waals surface area contributed by atoms with Crippen molar-refractivity contribution in [3.63, 3.8) is 0 Å². The maximum Gasteiger partial charge on any atom is 0.472 e. The second-order valence-corrected chi connectivity index (χ2v) is 29.5. The molecule has 3 N–H and O–H groups in total. The molecule has 104 heavy (non-hydrogen) atoms. The summed E-state index contributed by atoms with van der Waals surface area (Å²) in [5.74, 6) is -2.22. The second kappa shape index (κ2) is 76.4. The molecule has 0 fully saturated rings. The Morgan fingerprint density at radius 1 is 0.279 bits per heavy atom. The molecule has 0 heterocycles. The third kappa shape index (κ3) is 75.4. The van der Waals surface area contributed by atoms with Crippen LogP contribution in [0.1, 0.15) is 323 Å². The Bertz CT molecular complexity index is 2490. The lowest BCUT2D eigenvalue weighted by atomic mass is 10.1. The number of carbonyl (C=O) groups excluding carboxylic acids is 4. The molecule has 596 valence electrons. The molecule has 0 saturated heterocycles. The minimum absolute atomic E-state index is 0.0702. The standard InChI is InChI=1S/C85H144O17P2/c1-5-9-13-17-21-25-29-33-37-39-43-45-49-53-57-61-65-69-82(87)95-75-80(101-84(89)71-67-63-59-55-51-47-41-35-31-27-23-19-15-11-7-3)77-99-103(91,92)97-73-79(86)74-98-104(93,94)100-78-81(102-85(90)72-68-64-60-56-52-48-42-36-32-28-24-20-16-12-8-4)76-96-83(88)70-66-62-58-54-50-46-44-40-38-34-30-26-22-18-14-10-6-2/h9-11,13-15,21-28,33-38,41-42,79-81,86H,5-8,12,16-20,29-32,39-40,43-78H2,1-4H3,(H,91,92)(H,93,94)/b13-9-,14-10-,15-11-,25-21-,26-22-,27-23-,28-24-,37-33-,38-34-,41-35-,42-36-. The molecule has 0 aromatic rings. The number of carbonyl (C=O) groups is 4. The number of ether oxygens (including phenoxy) is 4. The van der Waals surface area contributed by atoms with Crippen LogP contribution < -0.4 is 0 Å². The number of rotatable bonds is 75. The van der Waals surface area contributed by atoms with Gasteiger partial charge in [0.25, 0.3) is 0 Å². The zero-order chi connectivity index (χ0) is 76.0. The molecule has 0 spiro atoms. The molecular formula is C85H144O17P2. The number of phosphoric ester groups is 2. The fourth-order valence-electron chi connectivity index (χ4n) is 10.5. The zero-order valence-electron chi connectivity index (χ0n) is 65.2. The number of hydrogen-bond donors (Lipinski definition) is 3. The van der Waals surface area contributed by atoms with Crippen molar-refractivity contribution in [2.75, 3.05) is 39.6 Å². The van der Waals surface area contributed by atoms with E-state index >= 15 is 0 Å². The first kappa shape index (κ1) is 99.2. The Balaban J connectivity index is 5.40. The van der Waals surface area contributed by atoms with Crippen LogP contribution in [0.2, 0.25) is 0 Å². The van der Waals surface area contributed by atoms with E-state index in [1.165, 1.54) is 19.3 Å². The summed E-state index contributed by atoms with van der Waals surface area (Å²) in [5, 5.41) is 10.6. The van der Waals surface area contributed by atoms with E-state index in [1.807, 2.05) is 0 Å². The molecule has 0 rings (SSSR count). The van der Waals surface area contributed by atoms with Crippen molar-refractivity contribution in [3.05, 3.63) is 134 Å². The van der Waals surface area contributed by atoms with Crippen LogP contribution >= 0.6 is 15.6 Å². The van der Waals surface area contributed by atoms with Gasteiger partial charge in [-0.2, -0.15) is 0 Å². The summed E-state index contributed by atoms with van der Waals surface area (Å²) in [6.07, 6.45) is 85.6. The molecule has 5 atom stereocenters. The predicted molar refractivity (Wildman–Crippen MR) is 427 cm³/mol. The number of aliphatic hydroxyl groups excluding tert-OH is 1. The first-order valence-electron chi connectivity index (χ1n) is 40.4. The lowest BCUT2D eigenvalue weighted by Gasteiger charge is -2.21. The molecule has 0 bridgehead atoms. The Morgan fingerprint density at radius 2 is 0.500 bits per heavy atom. The van der Waals surface area contributed by atoms with E-state index in [2.05, 4.69) is 161 Å². The minimum atomic E-state index is -4.99. The summed E-state index contributed by atoms with van der Waals surface area (Å²) >= 11 is 0. The van der Waals surface area contributed by atoms with Crippen LogP contribution in [0.5, 0.6) is 0 Å². The van der Waals surface area contributed by atoms with E-state index in [0.717, 1.165) is 225 Å². The summed E-state index contributed by atoms with van der Waals surface area (Å²) in [5.41, 5.74) is 0. The van der Waals surface area contributed by atoms with Gasteiger partial charge in [-0.25, -0.2) is 9.13 Å². The van der Waals surface area contributed by atoms with Crippen molar-refractivity contribution in [2.45, 2.75) is 341 Å². The highest BCUT2D eigenvalue weighted by molar-refractivity contribution is 7.47. The number of esters is 4. The molecular weight excluding hydrogens is 1350 g/mol. The van der Waals surface area contributed by atoms with E-state index in [1.54, 1.807) is 0 Å². The molecule has 5 unspecified atom stereocenters. The summed E-state index contributed by atoms with van der Waals surface area (Å²) < 4.78 is 68.7. The molecule has 0 amide bonds. The minimum Gasteiger partial charge on any atom is -0.462 e. The second-order valence-electron chi connectivity index (χ2n) is 26.6. The Kier molecular flexibility index (Phi) is 72.9. The lowest BCUT2D eigenvalue weighted by molar-refractivity contribution is -0.161. The van der Waals surface area contributed by atoms with E-state index < -0.39 is 97.5 Å². The maximum atomic E-state index is 13.1. The zero-order valence-corrected chi connectivity index (χ0v) is 66.9. The van der Waals surface area contributed by atoms with Crippen molar-refractivity contribution in [1.29, 1.82) is 0 Å². The van der Waals surface area contributed by atoms with E-state index in [0.29, 0.717) is 25.7 Å². The fourth-order valence-corrected chi connectivity index (χ4v) is 12.1. The third-order valence-electron chi connectivity index (χ3n) is 16.6. The van der Waals surface area contributed by atoms with Crippen LogP contribution in [-0.2, 0) is 65.4 Å². The smallest absolute Gasteiger partial charge is 0.462 e. The fraction of sp³-hybridized carbons (Fsp3) is 0.694. The number of allylic oxidation sites excluding steroid dienone is 22. The maximum absolute atomic E-state index is 13.1. The first-order chi connectivity index (χ1) is 50.7. The van der Waals surface area contributed by atoms with Gasteiger partial charge in [0.15, 0.2) is 12.2 Å². The van der Waals surface area contributed by atoms with Crippen molar-refractivity contribution in [3.8, 4) is 0 Å². The predicted octanol–water partition coefficient (Wildman–Crippen LogP) is 23.7. The Morgan fingerprint density at radius 3 is 0.769 bits per heavy atom. The van der Waals surface area contributed by atoms with Gasteiger partial charge in [-0.15, -0.1) is 0 Å². The number of unbranched alkanes of at least 4 members (excludes halogenated alkanes) is 27. The molecule has 0 aromatic carbocycles. The topological polar surface area (TPSA) is 237 Å². The highest BCUT2D eigenvalue weighted by Crippen LogP contribution is 2.45.